The lowest BCUT2D eigenvalue weighted by Crippen LogP contribution is -2.29. The summed E-state index contributed by atoms with van der Waals surface area (Å²) in [5.74, 6) is -1.33. The first-order valence-corrected chi connectivity index (χ1v) is 11.2. The maximum atomic E-state index is 13.0. The maximum absolute atomic E-state index is 13.0. The molecule has 0 fully saturated rings. The number of carbonyl (C=O) groups excluding carboxylic acids is 4. The zero-order chi connectivity index (χ0) is 25.9. The van der Waals surface area contributed by atoms with Crippen LogP contribution in [0.3, 0.4) is 0 Å². The molecule has 1 aliphatic rings. The minimum Gasteiger partial charge on any atom is -0.482 e. The predicted octanol–water partition coefficient (Wildman–Crippen LogP) is 1.02. The molecular weight excluding hydrogens is 478 g/mol. The van der Waals surface area contributed by atoms with Crippen LogP contribution < -0.4 is 26.4 Å². The highest BCUT2D eigenvalue weighted by Gasteiger charge is 2.19. The molecule has 3 heterocycles. The fourth-order valence-electron chi connectivity index (χ4n) is 3.89. The van der Waals surface area contributed by atoms with E-state index in [0.29, 0.717) is 28.2 Å². The van der Waals surface area contributed by atoms with Crippen LogP contribution in [0.25, 0.3) is 5.65 Å². The summed E-state index contributed by atoms with van der Waals surface area (Å²) < 4.78 is 6.66. The van der Waals surface area contributed by atoms with Crippen molar-refractivity contribution in [1.29, 1.82) is 0 Å². The van der Waals surface area contributed by atoms with Gasteiger partial charge in [-0.3, -0.25) is 19.2 Å². The lowest BCUT2D eigenvalue weighted by Gasteiger charge is -2.18. The van der Waals surface area contributed by atoms with Crippen molar-refractivity contribution in [3.63, 3.8) is 0 Å². The highest BCUT2D eigenvalue weighted by atomic mass is 16.5. The van der Waals surface area contributed by atoms with Crippen molar-refractivity contribution in [2.24, 2.45) is 5.73 Å². The third kappa shape index (κ3) is 4.93. The molecule has 4 aromatic rings. The molecule has 2 aromatic carbocycles. The van der Waals surface area contributed by atoms with Gasteiger partial charge in [0.15, 0.2) is 12.3 Å². The molecule has 0 bridgehead atoms. The number of nitrogens with one attached hydrogen (secondary N) is 3. The molecule has 186 valence electrons. The Hall–Kier alpha value is -5.26. The summed E-state index contributed by atoms with van der Waals surface area (Å²) >= 11 is 0. The number of anilines is 1. The molecule has 0 aliphatic carbocycles. The molecule has 4 amide bonds. The van der Waals surface area contributed by atoms with Gasteiger partial charge in [0, 0.05) is 30.8 Å². The minimum absolute atomic E-state index is 0.0188. The standard InChI is InChI=1S/C25H21N7O5/c26-23(34)16-4-2-1-3-15(16)12-28-25(36)19-10-18(30-21-7-8-29-32(19)21)24(35)27-11-14-5-6-20-17(9-14)31-22(33)13-37-20/h1-10H,11-13H2,(H2,26,34)(H,27,35)(H,28,36)(H,31,33). The zero-order valence-electron chi connectivity index (χ0n) is 19.4. The zero-order valence-corrected chi connectivity index (χ0v) is 19.4. The van der Waals surface area contributed by atoms with E-state index in [1.165, 1.54) is 16.8 Å². The Labute approximate surface area is 209 Å². The van der Waals surface area contributed by atoms with Gasteiger partial charge < -0.3 is 26.4 Å². The second-order valence-corrected chi connectivity index (χ2v) is 8.18. The molecule has 1 aliphatic heterocycles. The van der Waals surface area contributed by atoms with Crippen molar-refractivity contribution in [2.45, 2.75) is 13.1 Å². The number of carbonyl (C=O) groups is 4. The number of hydrogen-bond acceptors (Lipinski definition) is 7. The van der Waals surface area contributed by atoms with Gasteiger partial charge in [-0.1, -0.05) is 24.3 Å². The van der Waals surface area contributed by atoms with E-state index >= 15 is 0 Å². The van der Waals surface area contributed by atoms with Crippen molar-refractivity contribution in [1.82, 2.24) is 25.2 Å². The summed E-state index contributed by atoms with van der Waals surface area (Å²) in [6, 6.07) is 14.8. The van der Waals surface area contributed by atoms with E-state index < -0.39 is 17.7 Å². The van der Waals surface area contributed by atoms with Crippen molar-refractivity contribution in [3.05, 3.63) is 88.9 Å². The lowest BCUT2D eigenvalue weighted by molar-refractivity contribution is -0.118. The van der Waals surface area contributed by atoms with E-state index in [-0.39, 0.29) is 37.0 Å². The number of primary amides is 1. The third-order valence-corrected chi connectivity index (χ3v) is 5.68. The van der Waals surface area contributed by atoms with E-state index in [9.17, 15) is 19.2 Å². The van der Waals surface area contributed by atoms with E-state index in [1.807, 2.05) is 0 Å². The molecule has 0 saturated carbocycles. The summed E-state index contributed by atoms with van der Waals surface area (Å²) in [7, 11) is 0. The Bertz CT molecular complexity index is 1560. The second-order valence-electron chi connectivity index (χ2n) is 8.18. The summed E-state index contributed by atoms with van der Waals surface area (Å²) in [4.78, 5) is 53.5. The number of nitrogens with zero attached hydrogens (tertiary/aromatic N) is 3. The first-order chi connectivity index (χ1) is 17.9. The van der Waals surface area contributed by atoms with Gasteiger partial charge in [-0.15, -0.1) is 0 Å². The fourth-order valence-corrected chi connectivity index (χ4v) is 3.89. The quantitative estimate of drug-likeness (QED) is 0.294. The van der Waals surface area contributed by atoms with Crippen molar-refractivity contribution < 1.29 is 23.9 Å². The van der Waals surface area contributed by atoms with Crippen LogP contribution in [-0.4, -0.2) is 44.8 Å². The average molecular weight is 499 g/mol. The monoisotopic (exact) mass is 499 g/mol. The van der Waals surface area contributed by atoms with Crippen LogP contribution in [0.5, 0.6) is 5.75 Å². The van der Waals surface area contributed by atoms with Gasteiger partial charge >= 0.3 is 0 Å². The summed E-state index contributed by atoms with van der Waals surface area (Å²) in [5.41, 5.74) is 7.94. The van der Waals surface area contributed by atoms with Crippen LogP contribution in [0.1, 0.15) is 42.5 Å². The Morgan fingerprint density at radius 1 is 1.03 bits per heavy atom. The number of ether oxygens (including phenoxy) is 1. The van der Waals surface area contributed by atoms with Crippen LogP contribution in [0.2, 0.25) is 0 Å². The molecule has 0 atom stereocenters. The molecule has 37 heavy (non-hydrogen) atoms. The van der Waals surface area contributed by atoms with Crippen LogP contribution in [0, 0.1) is 0 Å². The van der Waals surface area contributed by atoms with Gasteiger partial charge in [-0.25, -0.2) is 9.50 Å². The Balaban J connectivity index is 1.32. The van der Waals surface area contributed by atoms with Gasteiger partial charge in [0.25, 0.3) is 17.7 Å². The molecule has 2 aromatic heterocycles. The molecule has 0 radical (unpaired) electrons. The van der Waals surface area contributed by atoms with Gasteiger partial charge in [0.2, 0.25) is 5.91 Å². The average Bonchev–Trinajstić information content (AvgIpc) is 3.38. The minimum atomic E-state index is -0.601. The number of benzene rings is 2. The number of hydrogen-bond donors (Lipinski definition) is 4. The van der Waals surface area contributed by atoms with E-state index in [4.69, 9.17) is 10.5 Å². The molecule has 0 saturated heterocycles. The van der Waals surface area contributed by atoms with E-state index in [2.05, 4.69) is 26.0 Å². The molecule has 0 unspecified atom stereocenters. The van der Waals surface area contributed by atoms with Crippen molar-refractivity contribution in [3.8, 4) is 5.75 Å². The van der Waals surface area contributed by atoms with Crippen LogP contribution >= 0.6 is 0 Å². The number of nitrogens with two attached hydrogens (primary N) is 1. The summed E-state index contributed by atoms with van der Waals surface area (Å²) in [6.45, 7) is 0.155. The van der Waals surface area contributed by atoms with Crippen LogP contribution in [-0.2, 0) is 17.9 Å². The van der Waals surface area contributed by atoms with E-state index in [1.54, 1.807) is 48.5 Å². The van der Waals surface area contributed by atoms with Gasteiger partial charge in [0.05, 0.1) is 11.9 Å². The Kier molecular flexibility index (Phi) is 6.20. The SMILES string of the molecule is NC(=O)c1ccccc1CNC(=O)c1cc(C(=O)NCc2ccc3c(c2)NC(=O)CO3)nc2ccnn12. The number of fused-ring (bicyclic) bond motifs is 2. The largest absolute Gasteiger partial charge is 0.482 e. The van der Waals surface area contributed by atoms with Gasteiger partial charge in [-0.05, 0) is 29.3 Å². The van der Waals surface area contributed by atoms with E-state index in [0.717, 1.165) is 5.56 Å². The first kappa shape index (κ1) is 23.5. The number of amides is 4. The maximum Gasteiger partial charge on any atom is 0.270 e. The smallest absolute Gasteiger partial charge is 0.270 e. The van der Waals surface area contributed by atoms with Crippen LogP contribution in [0.4, 0.5) is 5.69 Å². The third-order valence-electron chi connectivity index (χ3n) is 5.68. The fraction of sp³-hybridized carbons (Fsp3) is 0.120. The first-order valence-electron chi connectivity index (χ1n) is 11.2. The van der Waals surface area contributed by atoms with Crippen LogP contribution in [0.15, 0.2) is 60.8 Å². The second kappa shape index (κ2) is 9.77. The highest BCUT2D eigenvalue weighted by Crippen LogP contribution is 2.28. The molecule has 5 N–H and O–H groups in total. The summed E-state index contributed by atoms with van der Waals surface area (Å²) in [5, 5.41) is 12.3. The molecule has 5 rings (SSSR count). The molecule has 12 heteroatoms. The topological polar surface area (TPSA) is 170 Å². The molecule has 0 spiro atoms. The van der Waals surface area contributed by atoms with Gasteiger partial charge in [-0.2, -0.15) is 5.10 Å². The van der Waals surface area contributed by atoms with Gasteiger partial charge in [0.1, 0.15) is 17.1 Å². The number of rotatable bonds is 7. The Morgan fingerprint density at radius 3 is 2.68 bits per heavy atom. The molecular formula is C25H21N7O5. The lowest BCUT2D eigenvalue weighted by atomic mass is 10.1. The normalized spacial score (nSPS) is 12.3. The molecule has 12 nitrogen and oxygen atoms in total. The van der Waals surface area contributed by atoms with Crippen molar-refractivity contribution >= 4 is 35.0 Å². The number of aromatic nitrogens is 3. The summed E-state index contributed by atoms with van der Waals surface area (Å²) in [6.07, 6.45) is 1.46. The predicted molar refractivity (Wildman–Crippen MR) is 131 cm³/mol. The highest BCUT2D eigenvalue weighted by molar-refractivity contribution is 5.99. The van der Waals surface area contributed by atoms with Crippen molar-refractivity contribution in [2.75, 3.05) is 11.9 Å². The Morgan fingerprint density at radius 2 is 1.84 bits per heavy atom.